The number of esters is 1. The van der Waals surface area contributed by atoms with Gasteiger partial charge in [0.2, 0.25) is 17.7 Å². The average molecular weight is 618 g/mol. The lowest BCUT2D eigenvalue weighted by Crippen LogP contribution is -2.60. The van der Waals surface area contributed by atoms with Crippen molar-refractivity contribution in [3.05, 3.63) is 83.6 Å². The van der Waals surface area contributed by atoms with Gasteiger partial charge in [-0.2, -0.15) is 0 Å². The van der Waals surface area contributed by atoms with Gasteiger partial charge in [-0.3, -0.25) is 19.2 Å². The molecule has 10 nitrogen and oxygen atoms in total. The first-order valence-electron chi connectivity index (χ1n) is 15.8. The molecule has 2 saturated heterocycles. The summed E-state index contributed by atoms with van der Waals surface area (Å²) in [7, 11) is 1.33. The molecule has 0 spiro atoms. The van der Waals surface area contributed by atoms with E-state index in [0.29, 0.717) is 38.2 Å². The predicted octanol–water partition coefficient (Wildman–Crippen LogP) is 3.60. The van der Waals surface area contributed by atoms with E-state index in [2.05, 4.69) is 5.32 Å². The van der Waals surface area contributed by atoms with Crippen molar-refractivity contribution in [2.24, 2.45) is 11.3 Å². The van der Waals surface area contributed by atoms with Gasteiger partial charge in [0.25, 0.3) is 0 Å². The zero-order valence-corrected chi connectivity index (χ0v) is 26.1. The number of piperidine rings is 1. The number of nitrogens with zero attached hydrogens (tertiary/aromatic N) is 2. The van der Waals surface area contributed by atoms with Gasteiger partial charge in [-0.25, -0.2) is 0 Å². The number of hydrogen-bond donors (Lipinski definition) is 1. The third-order valence-electron chi connectivity index (χ3n) is 9.01. The standard InChI is InChI=1S/C35H43N3O7/c1-25-35(34(42)43-2)21-28(19-31(39)36-16-10-18-37-17-9-15-32(37)40)33(41)38(22-26-11-5-3-6-12-26)30(35)20-29(45-25)24-44-23-27-13-7-4-8-14-27/h3-8,11-14,20,25,28-29H,9-10,15-19,21-24H2,1-2H3,(H,36,39)/t25-,28+,29-,35+/m1/s1. The van der Waals surface area contributed by atoms with E-state index in [1.807, 2.05) is 78.6 Å². The highest BCUT2D eigenvalue weighted by molar-refractivity contribution is 5.92. The Morgan fingerprint density at radius 1 is 1.04 bits per heavy atom. The first-order chi connectivity index (χ1) is 21.8. The SMILES string of the molecule is COC(=O)[C@]12C[C@H](CC(=O)NCCCN3CCCC3=O)C(=O)N(Cc3ccccc3)C1=C[C@H](COCc1ccccc1)O[C@@H]2C. The number of rotatable bonds is 13. The molecule has 2 aromatic carbocycles. The molecule has 0 bridgehead atoms. The number of nitrogens with one attached hydrogen (secondary N) is 1. The van der Waals surface area contributed by atoms with Crippen molar-refractivity contribution in [2.75, 3.05) is 33.4 Å². The number of likely N-dealkylation sites (tertiary alicyclic amines) is 2. The van der Waals surface area contributed by atoms with Gasteiger partial charge in [0.1, 0.15) is 11.5 Å². The van der Waals surface area contributed by atoms with Crippen LogP contribution in [0, 0.1) is 11.3 Å². The summed E-state index contributed by atoms with van der Waals surface area (Å²) >= 11 is 0. The van der Waals surface area contributed by atoms with Crippen molar-refractivity contribution < 1.29 is 33.4 Å². The molecule has 1 N–H and O–H groups in total. The smallest absolute Gasteiger partial charge is 0.320 e. The normalized spacial score (nSPS) is 24.7. The Kier molecular flexibility index (Phi) is 10.7. The van der Waals surface area contributed by atoms with Crippen LogP contribution in [0.15, 0.2) is 72.4 Å². The van der Waals surface area contributed by atoms with Gasteiger partial charge in [0.15, 0.2) is 0 Å². The van der Waals surface area contributed by atoms with E-state index in [0.717, 1.165) is 24.1 Å². The third-order valence-corrected chi connectivity index (χ3v) is 9.01. The van der Waals surface area contributed by atoms with Gasteiger partial charge in [-0.1, -0.05) is 60.7 Å². The summed E-state index contributed by atoms with van der Waals surface area (Å²) in [6.45, 7) is 4.44. The summed E-state index contributed by atoms with van der Waals surface area (Å²) in [5, 5.41) is 2.91. The van der Waals surface area contributed by atoms with Crippen LogP contribution in [0.1, 0.15) is 50.2 Å². The molecular formula is C35H43N3O7. The maximum absolute atomic E-state index is 14.2. The average Bonchev–Trinajstić information content (AvgIpc) is 3.46. The van der Waals surface area contributed by atoms with E-state index < -0.39 is 29.5 Å². The Hall–Kier alpha value is -4.02. The molecule has 4 atom stereocenters. The number of methoxy groups -OCH3 is 1. The predicted molar refractivity (Wildman–Crippen MR) is 166 cm³/mol. The molecule has 240 valence electrons. The fraction of sp³-hybridized carbons (Fsp3) is 0.486. The van der Waals surface area contributed by atoms with Gasteiger partial charge >= 0.3 is 5.97 Å². The zero-order chi connectivity index (χ0) is 31.8. The quantitative estimate of drug-likeness (QED) is 0.270. The number of carbonyl (C=O) groups is 4. The van der Waals surface area contributed by atoms with Crippen molar-refractivity contribution in [1.29, 1.82) is 0 Å². The van der Waals surface area contributed by atoms with E-state index in [-0.39, 0.29) is 43.7 Å². The minimum Gasteiger partial charge on any atom is -0.468 e. The molecule has 0 saturated carbocycles. The molecule has 2 aromatic rings. The number of carbonyl (C=O) groups excluding carboxylic acids is 4. The van der Waals surface area contributed by atoms with E-state index in [1.54, 1.807) is 4.90 Å². The van der Waals surface area contributed by atoms with Gasteiger partial charge in [-0.05, 0) is 43.4 Å². The summed E-state index contributed by atoms with van der Waals surface area (Å²) in [4.78, 5) is 56.3. The van der Waals surface area contributed by atoms with Crippen LogP contribution < -0.4 is 5.32 Å². The zero-order valence-electron chi connectivity index (χ0n) is 26.1. The lowest BCUT2D eigenvalue weighted by atomic mass is 9.66. The summed E-state index contributed by atoms with van der Waals surface area (Å²) in [5.74, 6) is -1.61. The lowest BCUT2D eigenvalue weighted by molar-refractivity contribution is -0.178. The van der Waals surface area contributed by atoms with Crippen LogP contribution in [-0.4, -0.2) is 79.0 Å². The van der Waals surface area contributed by atoms with Crippen LogP contribution >= 0.6 is 0 Å². The topological polar surface area (TPSA) is 114 Å². The number of fused-ring (bicyclic) bond motifs is 1. The third kappa shape index (κ3) is 7.45. The molecule has 3 amide bonds. The summed E-state index contributed by atoms with van der Waals surface area (Å²) < 4.78 is 17.7. The summed E-state index contributed by atoms with van der Waals surface area (Å²) in [6.07, 6.45) is 2.77. The van der Waals surface area contributed by atoms with Crippen LogP contribution in [0.4, 0.5) is 0 Å². The van der Waals surface area contributed by atoms with Gasteiger partial charge in [0, 0.05) is 44.1 Å². The van der Waals surface area contributed by atoms with Gasteiger partial charge in [-0.15, -0.1) is 0 Å². The lowest BCUT2D eigenvalue weighted by Gasteiger charge is -2.51. The fourth-order valence-electron chi connectivity index (χ4n) is 6.68. The highest BCUT2D eigenvalue weighted by Crippen LogP contribution is 2.50. The molecule has 0 unspecified atom stereocenters. The Morgan fingerprint density at radius 2 is 1.76 bits per heavy atom. The molecule has 3 aliphatic rings. The molecule has 0 radical (unpaired) electrons. The number of benzene rings is 2. The molecule has 0 aliphatic carbocycles. The fourth-order valence-corrected chi connectivity index (χ4v) is 6.68. The number of hydrogen-bond acceptors (Lipinski definition) is 7. The Morgan fingerprint density at radius 3 is 2.42 bits per heavy atom. The second-order valence-electron chi connectivity index (χ2n) is 12.0. The number of amides is 3. The minimum atomic E-state index is -1.28. The second kappa shape index (κ2) is 14.8. The molecule has 0 aromatic heterocycles. The highest BCUT2D eigenvalue weighted by atomic mass is 16.5. The van der Waals surface area contributed by atoms with Gasteiger partial charge in [0.05, 0.1) is 33.0 Å². The first kappa shape index (κ1) is 32.4. The molecule has 5 rings (SSSR count). The Bertz CT molecular complexity index is 1380. The van der Waals surface area contributed by atoms with Crippen molar-refractivity contribution in [2.45, 2.75) is 64.4 Å². The van der Waals surface area contributed by atoms with Crippen molar-refractivity contribution in [3.8, 4) is 0 Å². The maximum atomic E-state index is 14.2. The van der Waals surface area contributed by atoms with E-state index in [1.165, 1.54) is 7.11 Å². The van der Waals surface area contributed by atoms with Gasteiger partial charge < -0.3 is 29.3 Å². The highest BCUT2D eigenvalue weighted by Gasteiger charge is 2.59. The Balaban J connectivity index is 1.35. The van der Waals surface area contributed by atoms with Crippen LogP contribution in [0.2, 0.25) is 0 Å². The van der Waals surface area contributed by atoms with Crippen molar-refractivity contribution in [1.82, 2.24) is 15.1 Å². The van der Waals surface area contributed by atoms with E-state index >= 15 is 0 Å². The largest absolute Gasteiger partial charge is 0.468 e. The second-order valence-corrected chi connectivity index (χ2v) is 12.0. The molecule has 3 heterocycles. The van der Waals surface area contributed by atoms with E-state index in [4.69, 9.17) is 14.2 Å². The minimum absolute atomic E-state index is 0.0743. The molecule has 2 fully saturated rings. The van der Waals surface area contributed by atoms with Crippen LogP contribution in [0.5, 0.6) is 0 Å². The van der Waals surface area contributed by atoms with Crippen molar-refractivity contribution >= 4 is 23.7 Å². The van der Waals surface area contributed by atoms with Crippen LogP contribution in [0.25, 0.3) is 0 Å². The molecule has 45 heavy (non-hydrogen) atoms. The molecular weight excluding hydrogens is 574 g/mol. The van der Waals surface area contributed by atoms with E-state index in [9.17, 15) is 19.2 Å². The molecule has 3 aliphatic heterocycles. The summed E-state index contributed by atoms with van der Waals surface area (Å²) in [6, 6.07) is 19.4. The Labute approximate surface area is 264 Å². The summed E-state index contributed by atoms with van der Waals surface area (Å²) in [5.41, 5.74) is 1.17. The monoisotopic (exact) mass is 617 g/mol. The molecule has 10 heteroatoms. The maximum Gasteiger partial charge on any atom is 0.320 e. The number of ether oxygens (including phenoxy) is 3. The first-order valence-corrected chi connectivity index (χ1v) is 15.8. The van der Waals surface area contributed by atoms with Crippen LogP contribution in [0.3, 0.4) is 0 Å². The van der Waals surface area contributed by atoms with Crippen molar-refractivity contribution in [3.63, 3.8) is 0 Å². The van der Waals surface area contributed by atoms with Crippen LogP contribution in [-0.2, 0) is 46.5 Å².